The molecule has 3 rings (SSSR count). The smallest absolute Gasteiger partial charge is 0.265 e. The monoisotopic (exact) mass is 290 g/mol. The molecule has 0 radical (unpaired) electrons. The van der Waals surface area contributed by atoms with Crippen LogP contribution in [0.25, 0.3) is 10.9 Å². The van der Waals surface area contributed by atoms with Gasteiger partial charge in [-0.2, -0.15) is 5.10 Å². The van der Waals surface area contributed by atoms with Crippen molar-refractivity contribution in [3.05, 3.63) is 41.9 Å². The summed E-state index contributed by atoms with van der Waals surface area (Å²) in [7, 11) is -3.66. The Kier molecular flexibility index (Phi) is 2.79. The van der Waals surface area contributed by atoms with E-state index in [-0.39, 0.29) is 4.90 Å². The molecule has 6 nitrogen and oxygen atoms in total. The Balaban J connectivity index is 2.09. The number of rotatable bonds is 3. The summed E-state index contributed by atoms with van der Waals surface area (Å²) in [6.45, 7) is 3.34. The number of anilines is 1. The normalized spacial score (nSPS) is 11.9. The van der Waals surface area contributed by atoms with Crippen LogP contribution in [-0.2, 0) is 10.0 Å². The Labute approximate surface area is 116 Å². The number of benzene rings is 1. The molecule has 0 aliphatic heterocycles. The molecule has 0 fully saturated rings. The van der Waals surface area contributed by atoms with Crippen molar-refractivity contribution in [1.29, 1.82) is 0 Å². The average Bonchev–Trinajstić information content (AvgIpc) is 2.96. The number of para-hydroxylation sites is 1. The van der Waals surface area contributed by atoms with Gasteiger partial charge in [0.05, 0.1) is 22.6 Å². The molecule has 0 unspecified atom stereocenters. The first-order valence-corrected chi connectivity index (χ1v) is 7.58. The van der Waals surface area contributed by atoms with Crippen LogP contribution in [0.1, 0.15) is 11.4 Å². The van der Waals surface area contributed by atoms with Gasteiger partial charge in [-0.05, 0) is 26.0 Å². The van der Waals surface area contributed by atoms with Crippen molar-refractivity contribution in [1.82, 2.24) is 15.2 Å². The van der Waals surface area contributed by atoms with Gasteiger partial charge >= 0.3 is 0 Å². The molecule has 0 saturated carbocycles. The van der Waals surface area contributed by atoms with Crippen LogP contribution in [0.4, 0.5) is 5.69 Å². The largest absolute Gasteiger partial charge is 0.359 e. The third-order valence-electron chi connectivity index (χ3n) is 3.16. The second-order valence-electron chi connectivity index (χ2n) is 4.62. The van der Waals surface area contributed by atoms with Crippen molar-refractivity contribution in [2.75, 3.05) is 4.72 Å². The lowest BCUT2D eigenvalue weighted by Gasteiger charge is -2.09. The molecule has 2 heterocycles. The molecule has 2 aromatic heterocycles. The van der Waals surface area contributed by atoms with E-state index >= 15 is 0 Å². The Morgan fingerprint density at radius 2 is 2.00 bits per heavy atom. The van der Waals surface area contributed by atoms with Crippen LogP contribution in [0.2, 0.25) is 0 Å². The number of sulfonamides is 1. The Bertz CT molecular complexity index is 857. The Hall–Kier alpha value is -2.28. The minimum absolute atomic E-state index is 0.195. The van der Waals surface area contributed by atoms with Crippen molar-refractivity contribution in [2.45, 2.75) is 18.7 Å². The van der Waals surface area contributed by atoms with Gasteiger partial charge in [-0.15, -0.1) is 0 Å². The third-order valence-corrected chi connectivity index (χ3v) is 4.79. The van der Waals surface area contributed by atoms with Gasteiger partial charge in [-0.1, -0.05) is 12.1 Å². The predicted octanol–water partition coefficient (Wildman–Crippen LogP) is 2.31. The molecule has 0 spiro atoms. The molecule has 0 saturated heterocycles. The summed E-state index contributed by atoms with van der Waals surface area (Å²) < 4.78 is 27.6. The van der Waals surface area contributed by atoms with Crippen LogP contribution in [-0.4, -0.2) is 23.6 Å². The van der Waals surface area contributed by atoms with E-state index in [2.05, 4.69) is 19.9 Å². The SMILES string of the molecule is Cc1n[nH]c(C)c1S(=O)(=O)Nc1cccc2cc[nH]c12. The zero-order chi connectivity index (χ0) is 14.3. The standard InChI is InChI=1S/C13H14N4O2S/c1-8-13(9(2)16-15-8)20(18,19)17-11-5-3-4-10-6-7-14-12(10)11/h3-7,14,17H,1-2H3,(H,15,16). The lowest BCUT2D eigenvalue weighted by Crippen LogP contribution is -2.14. The number of fused-ring (bicyclic) bond motifs is 1. The summed E-state index contributed by atoms with van der Waals surface area (Å²) >= 11 is 0. The summed E-state index contributed by atoms with van der Waals surface area (Å²) in [6, 6.07) is 7.34. The number of aryl methyl sites for hydroxylation is 2. The zero-order valence-corrected chi connectivity index (χ0v) is 11.9. The molecule has 0 aliphatic carbocycles. The highest BCUT2D eigenvalue weighted by Gasteiger charge is 2.23. The summed E-state index contributed by atoms with van der Waals surface area (Å²) in [6.07, 6.45) is 1.77. The second-order valence-corrected chi connectivity index (χ2v) is 6.24. The summed E-state index contributed by atoms with van der Waals surface area (Å²) in [4.78, 5) is 3.23. The molecule has 0 aliphatic rings. The van der Waals surface area contributed by atoms with E-state index in [4.69, 9.17) is 0 Å². The van der Waals surface area contributed by atoms with Gasteiger partial charge in [0, 0.05) is 11.6 Å². The highest BCUT2D eigenvalue weighted by atomic mass is 32.2. The fraction of sp³-hybridized carbons (Fsp3) is 0.154. The fourth-order valence-electron chi connectivity index (χ4n) is 2.30. The first-order chi connectivity index (χ1) is 9.49. The number of nitrogens with one attached hydrogen (secondary N) is 3. The Morgan fingerprint density at radius 1 is 1.20 bits per heavy atom. The van der Waals surface area contributed by atoms with Crippen LogP contribution in [0.5, 0.6) is 0 Å². The molecular weight excluding hydrogens is 276 g/mol. The van der Waals surface area contributed by atoms with Crippen molar-refractivity contribution in [3.63, 3.8) is 0 Å². The van der Waals surface area contributed by atoms with Gasteiger partial charge in [-0.3, -0.25) is 9.82 Å². The lowest BCUT2D eigenvalue weighted by atomic mass is 10.2. The second kappa shape index (κ2) is 4.38. The molecular formula is C13H14N4O2S. The van der Waals surface area contributed by atoms with Crippen LogP contribution in [0.3, 0.4) is 0 Å². The van der Waals surface area contributed by atoms with Gasteiger partial charge in [0.15, 0.2) is 0 Å². The average molecular weight is 290 g/mol. The maximum absolute atomic E-state index is 12.5. The number of nitrogens with zero attached hydrogens (tertiary/aromatic N) is 1. The number of H-pyrrole nitrogens is 2. The van der Waals surface area contributed by atoms with E-state index in [9.17, 15) is 8.42 Å². The summed E-state index contributed by atoms with van der Waals surface area (Å²) in [5.41, 5.74) is 2.25. The van der Waals surface area contributed by atoms with Crippen LogP contribution >= 0.6 is 0 Å². The van der Waals surface area contributed by atoms with Crippen molar-refractivity contribution < 1.29 is 8.42 Å². The molecule has 1 aromatic carbocycles. The van der Waals surface area contributed by atoms with Crippen molar-refractivity contribution >= 4 is 26.6 Å². The predicted molar refractivity (Wildman–Crippen MR) is 77.2 cm³/mol. The maximum atomic E-state index is 12.5. The summed E-state index contributed by atoms with van der Waals surface area (Å²) in [5, 5.41) is 7.56. The molecule has 20 heavy (non-hydrogen) atoms. The van der Waals surface area contributed by atoms with Crippen molar-refractivity contribution in [2.24, 2.45) is 0 Å². The molecule has 0 atom stereocenters. The third kappa shape index (κ3) is 1.96. The Morgan fingerprint density at radius 3 is 2.70 bits per heavy atom. The van der Waals surface area contributed by atoms with Crippen LogP contribution in [0.15, 0.2) is 35.4 Å². The minimum Gasteiger partial charge on any atom is -0.359 e. The zero-order valence-electron chi connectivity index (χ0n) is 11.1. The van der Waals surface area contributed by atoms with Gasteiger partial charge < -0.3 is 4.98 Å². The van der Waals surface area contributed by atoms with Gasteiger partial charge in [-0.25, -0.2) is 8.42 Å². The van der Waals surface area contributed by atoms with E-state index < -0.39 is 10.0 Å². The number of aromatic nitrogens is 3. The molecule has 104 valence electrons. The van der Waals surface area contributed by atoms with Gasteiger partial charge in [0.25, 0.3) is 10.0 Å². The number of aromatic amines is 2. The minimum atomic E-state index is -3.66. The van der Waals surface area contributed by atoms with Gasteiger partial charge in [0.1, 0.15) is 4.90 Å². The van der Waals surface area contributed by atoms with E-state index in [1.54, 1.807) is 26.1 Å². The summed E-state index contributed by atoms with van der Waals surface area (Å²) in [5.74, 6) is 0. The van der Waals surface area contributed by atoms with E-state index in [1.165, 1.54) is 0 Å². The maximum Gasteiger partial charge on any atom is 0.265 e. The van der Waals surface area contributed by atoms with E-state index in [0.717, 1.165) is 10.9 Å². The fourth-order valence-corrected chi connectivity index (χ4v) is 3.75. The van der Waals surface area contributed by atoms with E-state index in [1.807, 2.05) is 18.2 Å². The first kappa shape index (κ1) is 12.7. The van der Waals surface area contributed by atoms with Crippen molar-refractivity contribution in [3.8, 4) is 0 Å². The molecule has 0 amide bonds. The topological polar surface area (TPSA) is 90.6 Å². The number of hydrogen-bond donors (Lipinski definition) is 3. The molecule has 3 aromatic rings. The lowest BCUT2D eigenvalue weighted by molar-refractivity contribution is 0.600. The number of hydrogen-bond acceptors (Lipinski definition) is 3. The van der Waals surface area contributed by atoms with E-state index in [0.29, 0.717) is 17.1 Å². The molecule has 3 N–H and O–H groups in total. The first-order valence-electron chi connectivity index (χ1n) is 6.09. The quantitative estimate of drug-likeness (QED) is 0.691. The van der Waals surface area contributed by atoms with Crippen LogP contribution < -0.4 is 4.72 Å². The highest BCUT2D eigenvalue weighted by molar-refractivity contribution is 7.92. The van der Waals surface area contributed by atoms with Gasteiger partial charge in [0.2, 0.25) is 0 Å². The molecule has 7 heteroatoms. The highest BCUT2D eigenvalue weighted by Crippen LogP contribution is 2.26. The van der Waals surface area contributed by atoms with Crippen LogP contribution in [0, 0.1) is 13.8 Å². The molecule has 0 bridgehead atoms.